The van der Waals surface area contributed by atoms with E-state index in [2.05, 4.69) is 0 Å². The van der Waals surface area contributed by atoms with Crippen LogP contribution in [0.1, 0.15) is 33.3 Å². The van der Waals surface area contributed by atoms with E-state index >= 15 is 0 Å². The zero-order valence-corrected chi connectivity index (χ0v) is 14.6. The van der Waals surface area contributed by atoms with E-state index in [9.17, 15) is 14.7 Å². The van der Waals surface area contributed by atoms with Crippen LogP contribution in [0.4, 0.5) is 0 Å². The van der Waals surface area contributed by atoms with Crippen LogP contribution in [0.5, 0.6) is 0 Å². The van der Waals surface area contributed by atoms with Gasteiger partial charge < -0.3 is 14.6 Å². The van der Waals surface area contributed by atoms with Gasteiger partial charge in [-0.25, -0.2) is 0 Å². The highest BCUT2D eigenvalue weighted by molar-refractivity contribution is 6.30. The number of hydrogen-bond acceptors (Lipinski definition) is 5. The first kappa shape index (κ1) is 19.5. The molecule has 0 unspecified atom stereocenters. The molecule has 23 heavy (non-hydrogen) atoms. The van der Waals surface area contributed by atoms with Gasteiger partial charge >= 0.3 is 11.9 Å². The second kappa shape index (κ2) is 8.31. The van der Waals surface area contributed by atoms with Crippen LogP contribution < -0.4 is 0 Å². The summed E-state index contributed by atoms with van der Waals surface area (Å²) in [5, 5.41) is 11.3. The quantitative estimate of drug-likeness (QED) is 0.771. The highest BCUT2D eigenvalue weighted by atomic mass is 35.5. The molecule has 0 saturated carbocycles. The molecule has 0 spiro atoms. The van der Waals surface area contributed by atoms with Crippen molar-refractivity contribution in [3.63, 3.8) is 0 Å². The van der Waals surface area contributed by atoms with Crippen molar-refractivity contribution in [3.05, 3.63) is 34.9 Å². The SMILES string of the molecule is CC(C)C(=O)OCC(O)(COC(=O)C(C)C)c1ccc(Cl)cc1. The average Bonchev–Trinajstić information content (AvgIpc) is 2.50. The molecule has 1 aromatic rings. The first-order chi connectivity index (χ1) is 10.7. The Labute approximate surface area is 141 Å². The normalized spacial score (nSPS) is 11.7. The fraction of sp³-hybridized carbons (Fsp3) is 0.529. The van der Waals surface area contributed by atoms with Crippen molar-refractivity contribution in [3.8, 4) is 0 Å². The summed E-state index contributed by atoms with van der Waals surface area (Å²) >= 11 is 5.85. The lowest BCUT2D eigenvalue weighted by molar-refractivity contribution is -0.168. The zero-order valence-electron chi connectivity index (χ0n) is 13.8. The number of esters is 2. The van der Waals surface area contributed by atoms with Gasteiger partial charge in [0.25, 0.3) is 0 Å². The number of rotatable bonds is 7. The molecule has 6 heteroatoms. The first-order valence-corrected chi connectivity index (χ1v) is 7.85. The van der Waals surface area contributed by atoms with Crippen molar-refractivity contribution in [1.82, 2.24) is 0 Å². The van der Waals surface area contributed by atoms with Gasteiger partial charge in [0.1, 0.15) is 13.2 Å². The minimum Gasteiger partial charge on any atom is -0.462 e. The predicted molar refractivity (Wildman–Crippen MR) is 86.9 cm³/mol. The summed E-state index contributed by atoms with van der Waals surface area (Å²) < 4.78 is 10.3. The molecule has 0 aliphatic rings. The van der Waals surface area contributed by atoms with Gasteiger partial charge in [0.2, 0.25) is 0 Å². The second-order valence-electron chi connectivity index (χ2n) is 6.06. The lowest BCUT2D eigenvalue weighted by atomic mass is 9.95. The van der Waals surface area contributed by atoms with E-state index in [1.807, 2.05) is 0 Å². The van der Waals surface area contributed by atoms with Crippen LogP contribution >= 0.6 is 11.6 Å². The Morgan fingerprint density at radius 3 is 1.74 bits per heavy atom. The Morgan fingerprint density at radius 1 is 1.00 bits per heavy atom. The van der Waals surface area contributed by atoms with Crippen LogP contribution in [0.15, 0.2) is 24.3 Å². The summed E-state index contributed by atoms with van der Waals surface area (Å²) in [5.41, 5.74) is -1.17. The summed E-state index contributed by atoms with van der Waals surface area (Å²) in [6.45, 7) is 6.17. The third kappa shape index (κ3) is 5.84. The van der Waals surface area contributed by atoms with Gasteiger partial charge in [-0.15, -0.1) is 0 Å². The number of ether oxygens (including phenoxy) is 2. The Morgan fingerprint density at radius 2 is 1.39 bits per heavy atom. The molecule has 1 aromatic carbocycles. The monoisotopic (exact) mass is 342 g/mol. The first-order valence-electron chi connectivity index (χ1n) is 7.47. The lowest BCUT2D eigenvalue weighted by Gasteiger charge is -2.28. The minimum atomic E-state index is -1.63. The predicted octanol–water partition coefficient (Wildman–Crippen LogP) is 2.93. The molecule has 0 aliphatic carbocycles. The van der Waals surface area contributed by atoms with E-state index in [-0.39, 0.29) is 25.0 Å². The summed E-state index contributed by atoms with van der Waals surface area (Å²) in [4.78, 5) is 23.3. The minimum absolute atomic E-state index is 0.309. The maximum absolute atomic E-state index is 11.7. The molecular weight excluding hydrogens is 320 g/mol. The molecule has 0 bridgehead atoms. The van der Waals surface area contributed by atoms with Crippen LogP contribution in [-0.2, 0) is 24.7 Å². The molecule has 0 aliphatic heterocycles. The average molecular weight is 343 g/mol. The zero-order chi connectivity index (χ0) is 17.6. The molecule has 0 amide bonds. The third-order valence-corrected chi connectivity index (χ3v) is 3.48. The van der Waals surface area contributed by atoms with Crippen LogP contribution in [0.3, 0.4) is 0 Å². The fourth-order valence-corrected chi connectivity index (χ4v) is 1.81. The Bertz CT molecular complexity index is 512. The molecule has 0 atom stereocenters. The number of carbonyl (C=O) groups is 2. The van der Waals surface area contributed by atoms with E-state index in [0.717, 1.165) is 0 Å². The molecule has 0 aromatic heterocycles. The Hall–Kier alpha value is -1.59. The summed E-state index contributed by atoms with van der Waals surface area (Å²) in [5.74, 6) is -1.51. The van der Waals surface area contributed by atoms with Gasteiger partial charge in [-0.2, -0.15) is 0 Å². The van der Waals surface area contributed by atoms with E-state index in [1.54, 1.807) is 52.0 Å². The molecule has 0 fully saturated rings. The molecular formula is C17H23ClO5. The molecule has 1 N–H and O–H groups in total. The second-order valence-corrected chi connectivity index (χ2v) is 6.50. The van der Waals surface area contributed by atoms with Crippen LogP contribution in [0.2, 0.25) is 5.02 Å². The van der Waals surface area contributed by atoms with Gasteiger partial charge in [-0.1, -0.05) is 51.4 Å². The highest BCUT2D eigenvalue weighted by Crippen LogP contribution is 2.25. The fourth-order valence-electron chi connectivity index (χ4n) is 1.68. The number of hydrogen-bond donors (Lipinski definition) is 1. The topological polar surface area (TPSA) is 72.8 Å². The Kier molecular flexibility index (Phi) is 7.03. The van der Waals surface area contributed by atoms with Crippen molar-refractivity contribution < 1.29 is 24.2 Å². The van der Waals surface area contributed by atoms with Crippen molar-refractivity contribution in [2.75, 3.05) is 13.2 Å². The molecule has 0 radical (unpaired) electrons. The summed E-state index contributed by atoms with van der Waals surface area (Å²) in [7, 11) is 0. The largest absolute Gasteiger partial charge is 0.462 e. The van der Waals surface area contributed by atoms with Gasteiger partial charge in [0.05, 0.1) is 11.8 Å². The molecule has 0 heterocycles. The summed E-state index contributed by atoms with van der Waals surface area (Å²) in [6.07, 6.45) is 0. The van der Waals surface area contributed by atoms with Crippen molar-refractivity contribution in [1.29, 1.82) is 0 Å². The van der Waals surface area contributed by atoms with Gasteiger partial charge in [-0.3, -0.25) is 9.59 Å². The molecule has 128 valence electrons. The molecule has 0 saturated heterocycles. The standard InChI is InChI=1S/C17H23ClO5/c1-11(2)15(19)22-9-17(21,10-23-16(20)12(3)4)13-5-7-14(18)8-6-13/h5-8,11-12,21H,9-10H2,1-4H3. The van der Waals surface area contributed by atoms with Crippen molar-refractivity contribution in [2.24, 2.45) is 11.8 Å². The van der Waals surface area contributed by atoms with E-state index in [0.29, 0.717) is 10.6 Å². The smallest absolute Gasteiger partial charge is 0.308 e. The number of carbonyl (C=O) groups excluding carboxylic acids is 2. The van der Waals surface area contributed by atoms with Crippen LogP contribution in [0.25, 0.3) is 0 Å². The molecule has 5 nitrogen and oxygen atoms in total. The third-order valence-electron chi connectivity index (χ3n) is 3.23. The van der Waals surface area contributed by atoms with Crippen molar-refractivity contribution in [2.45, 2.75) is 33.3 Å². The van der Waals surface area contributed by atoms with Crippen molar-refractivity contribution >= 4 is 23.5 Å². The van der Waals surface area contributed by atoms with Gasteiger partial charge in [-0.05, 0) is 17.7 Å². The van der Waals surface area contributed by atoms with Crippen LogP contribution in [0, 0.1) is 11.8 Å². The number of halogens is 1. The van der Waals surface area contributed by atoms with E-state index in [4.69, 9.17) is 21.1 Å². The molecule has 1 rings (SSSR count). The Balaban J connectivity index is 2.92. The summed E-state index contributed by atoms with van der Waals surface area (Å²) in [6, 6.07) is 6.43. The highest BCUT2D eigenvalue weighted by Gasteiger charge is 2.34. The van der Waals surface area contributed by atoms with Crippen LogP contribution in [-0.4, -0.2) is 30.3 Å². The van der Waals surface area contributed by atoms with Gasteiger partial charge in [0.15, 0.2) is 5.60 Å². The maximum Gasteiger partial charge on any atom is 0.308 e. The lowest BCUT2D eigenvalue weighted by Crippen LogP contribution is -2.39. The number of aliphatic hydroxyl groups is 1. The van der Waals surface area contributed by atoms with E-state index < -0.39 is 17.5 Å². The number of benzene rings is 1. The van der Waals surface area contributed by atoms with Gasteiger partial charge in [0, 0.05) is 5.02 Å². The maximum atomic E-state index is 11.7. The van der Waals surface area contributed by atoms with E-state index in [1.165, 1.54) is 0 Å².